The van der Waals surface area contributed by atoms with E-state index < -0.39 is 0 Å². The molecule has 1 aromatic heterocycles. The second kappa shape index (κ2) is 3.82. The fourth-order valence-corrected chi connectivity index (χ4v) is 2.23. The maximum absolute atomic E-state index is 5.96. The van der Waals surface area contributed by atoms with Crippen molar-refractivity contribution in [3.05, 3.63) is 17.0 Å². The molecule has 0 saturated carbocycles. The van der Waals surface area contributed by atoms with Crippen LogP contribution in [0, 0.1) is 0 Å². The Hall–Kier alpha value is -0.680. The molecule has 2 heterocycles. The molecule has 14 heavy (non-hydrogen) atoms. The molecule has 1 fully saturated rings. The molecule has 0 amide bonds. The maximum atomic E-state index is 5.96. The first-order chi connectivity index (χ1) is 6.70. The lowest BCUT2D eigenvalue weighted by Gasteiger charge is -2.24. The van der Waals surface area contributed by atoms with E-state index in [0.29, 0.717) is 6.04 Å². The highest BCUT2D eigenvalue weighted by Gasteiger charge is 2.29. The lowest BCUT2D eigenvalue weighted by Crippen LogP contribution is -2.37. The van der Waals surface area contributed by atoms with Crippen LogP contribution < -0.4 is 10.6 Å². The molecule has 2 rings (SSSR count). The van der Waals surface area contributed by atoms with Crippen LogP contribution in [0.25, 0.3) is 0 Å². The van der Waals surface area contributed by atoms with E-state index in [1.165, 1.54) is 0 Å². The highest BCUT2D eigenvalue weighted by Crippen LogP contribution is 2.28. The Morgan fingerprint density at radius 3 is 3.00 bits per heavy atom. The number of hydrogen-bond acceptors (Lipinski definition) is 4. The Morgan fingerprint density at radius 1 is 1.64 bits per heavy atom. The zero-order chi connectivity index (χ0) is 10.1. The zero-order valence-electron chi connectivity index (χ0n) is 8.02. The molecule has 2 N–H and O–H groups in total. The molecule has 1 aliphatic heterocycles. The maximum Gasteiger partial charge on any atom is 0.146 e. The molecule has 0 spiro atoms. The molecule has 76 valence electrons. The molecule has 0 radical (unpaired) electrons. The van der Waals surface area contributed by atoms with Crippen LogP contribution in [0.5, 0.6) is 0 Å². The Kier molecular flexibility index (Phi) is 2.69. The van der Waals surface area contributed by atoms with Gasteiger partial charge >= 0.3 is 0 Å². The van der Waals surface area contributed by atoms with E-state index in [2.05, 4.69) is 37.7 Å². The Labute approximate surface area is 91.7 Å². The molecule has 0 bridgehead atoms. The molecule has 4 nitrogen and oxygen atoms in total. The van der Waals surface area contributed by atoms with Crippen molar-refractivity contribution in [2.45, 2.75) is 25.4 Å². The van der Waals surface area contributed by atoms with Crippen LogP contribution in [-0.2, 0) is 0 Å². The summed E-state index contributed by atoms with van der Waals surface area (Å²) in [5.74, 6) is 0.945. The van der Waals surface area contributed by atoms with Crippen LogP contribution in [0.4, 0.5) is 5.82 Å². The summed E-state index contributed by atoms with van der Waals surface area (Å²) in [6.07, 6.45) is 4.35. The number of nitrogens with zero attached hydrogens (tertiary/aromatic N) is 3. The van der Waals surface area contributed by atoms with Crippen molar-refractivity contribution in [1.29, 1.82) is 0 Å². The van der Waals surface area contributed by atoms with Gasteiger partial charge in [-0.05, 0) is 29.3 Å². The molecule has 1 aromatic rings. The number of nitrogens with two attached hydrogens (primary N) is 1. The molecule has 2 unspecified atom stereocenters. The van der Waals surface area contributed by atoms with Crippen LogP contribution in [-0.4, -0.2) is 28.6 Å². The first-order valence-corrected chi connectivity index (χ1v) is 5.47. The SMILES string of the molecule is CC1C(N)CCN1c1ncncc1Br. The first-order valence-electron chi connectivity index (χ1n) is 4.68. The average Bonchev–Trinajstić information content (AvgIpc) is 2.49. The zero-order valence-corrected chi connectivity index (χ0v) is 9.61. The van der Waals surface area contributed by atoms with Gasteiger partial charge < -0.3 is 10.6 Å². The van der Waals surface area contributed by atoms with E-state index in [4.69, 9.17) is 5.73 Å². The van der Waals surface area contributed by atoms with Gasteiger partial charge in [0.25, 0.3) is 0 Å². The fraction of sp³-hybridized carbons (Fsp3) is 0.556. The topological polar surface area (TPSA) is 55.0 Å². The number of halogens is 1. The third-order valence-corrected chi connectivity index (χ3v) is 3.29. The predicted octanol–water partition coefficient (Wildman–Crippen LogP) is 1.16. The van der Waals surface area contributed by atoms with Gasteiger partial charge in [-0.1, -0.05) is 0 Å². The van der Waals surface area contributed by atoms with Crippen LogP contribution in [0.15, 0.2) is 17.0 Å². The van der Waals surface area contributed by atoms with Crippen LogP contribution >= 0.6 is 15.9 Å². The van der Waals surface area contributed by atoms with Crippen LogP contribution in [0.2, 0.25) is 0 Å². The molecular weight excluding hydrogens is 244 g/mol. The van der Waals surface area contributed by atoms with E-state index in [-0.39, 0.29) is 6.04 Å². The number of hydrogen-bond donors (Lipinski definition) is 1. The number of aromatic nitrogens is 2. The minimum atomic E-state index is 0.247. The first kappa shape index (κ1) is 9.86. The summed E-state index contributed by atoms with van der Waals surface area (Å²) in [6.45, 7) is 3.10. The van der Waals surface area contributed by atoms with Crippen molar-refractivity contribution in [3.63, 3.8) is 0 Å². The predicted molar refractivity (Wildman–Crippen MR) is 59.1 cm³/mol. The summed E-state index contributed by atoms with van der Waals surface area (Å²) < 4.78 is 0.931. The quantitative estimate of drug-likeness (QED) is 0.820. The molecule has 1 aliphatic rings. The van der Waals surface area contributed by atoms with E-state index in [1.807, 2.05) is 0 Å². The minimum Gasteiger partial charge on any atom is -0.351 e. The van der Waals surface area contributed by atoms with Gasteiger partial charge in [-0.25, -0.2) is 9.97 Å². The lowest BCUT2D eigenvalue weighted by molar-refractivity contribution is 0.621. The highest BCUT2D eigenvalue weighted by molar-refractivity contribution is 9.10. The van der Waals surface area contributed by atoms with Gasteiger partial charge in [-0.15, -0.1) is 0 Å². The van der Waals surface area contributed by atoms with Gasteiger partial charge in [0.2, 0.25) is 0 Å². The number of anilines is 1. The summed E-state index contributed by atoms with van der Waals surface area (Å²) in [5.41, 5.74) is 5.96. The second-order valence-corrected chi connectivity index (χ2v) is 4.44. The fourth-order valence-electron chi connectivity index (χ4n) is 1.78. The minimum absolute atomic E-state index is 0.247. The van der Waals surface area contributed by atoms with Gasteiger partial charge in [-0.3, -0.25) is 0 Å². The summed E-state index contributed by atoms with van der Waals surface area (Å²) in [5, 5.41) is 0. The van der Waals surface area contributed by atoms with Gasteiger partial charge in [0.15, 0.2) is 0 Å². The van der Waals surface area contributed by atoms with Crippen molar-refractivity contribution in [2.75, 3.05) is 11.4 Å². The van der Waals surface area contributed by atoms with Crippen molar-refractivity contribution in [3.8, 4) is 0 Å². The van der Waals surface area contributed by atoms with Gasteiger partial charge in [-0.2, -0.15) is 0 Å². The third-order valence-electron chi connectivity index (χ3n) is 2.73. The Balaban J connectivity index is 2.28. The normalized spacial score (nSPS) is 26.9. The lowest BCUT2D eigenvalue weighted by atomic mass is 10.2. The van der Waals surface area contributed by atoms with E-state index >= 15 is 0 Å². The Bertz CT molecular complexity index is 330. The van der Waals surface area contributed by atoms with Crippen LogP contribution in [0.3, 0.4) is 0 Å². The largest absolute Gasteiger partial charge is 0.351 e. The van der Waals surface area contributed by atoms with E-state index in [9.17, 15) is 0 Å². The van der Waals surface area contributed by atoms with E-state index in [1.54, 1.807) is 12.5 Å². The summed E-state index contributed by atoms with van der Waals surface area (Å²) in [7, 11) is 0. The van der Waals surface area contributed by atoms with Crippen molar-refractivity contribution >= 4 is 21.7 Å². The van der Waals surface area contributed by atoms with Crippen molar-refractivity contribution in [1.82, 2.24) is 9.97 Å². The Morgan fingerprint density at radius 2 is 2.43 bits per heavy atom. The monoisotopic (exact) mass is 256 g/mol. The van der Waals surface area contributed by atoms with E-state index in [0.717, 1.165) is 23.3 Å². The van der Waals surface area contributed by atoms with Crippen LogP contribution in [0.1, 0.15) is 13.3 Å². The summed E-state index contributed by atoms with van der Waals surface area (Å²) in [4.78, 5) is 10.4. The standard InChI is InChI=1S/C9H13BrN4/c1-6-8(11)2-3-14(6)9-7(10)4-12-5-13-9/h4-6,8H,2-3,11H2,1H3. The highest BCUT2D eigenvalue weighted by atomic mass is 79.9. The summed E-state index contributed by atoms with van der Waals surface area (Å²) >= 11 is 3.45. The molecule has 1 saturated heterocycles. The van der Waals surface area contributed by atoms with Crippen molar-refractivity contribution in [2.24, 2.45) is 5.73 Å². The molecule has 0 aliphatic carbocycles. The second-order valence-electron chi connectivity index (χ2n) is 3.58. The van der Waals surface area contributed by atoms with Gasteiger partial charge in [0, 0.05) is 24.8 Å². The smallest absolute Gasteiger partial charge is 0.146 e. The summed E-state index contributed by atoms with van der Waals surface area (Å²) in [6, 6.07) is 0.595. The number of rotatable bonds is 1. The molecule has 5 heteroatoms. The van der Waals surface area contributed by atoms with Gasteiger partial charge in [0.05, 0.1) is 4.47 Å². The molecule has 0 aromatic carbocycles. The molecular formula is C9H13BrN4. The van der Waals surface area contributed by atoms with Gasteiger partial charge in [0.1, 0.15) is 12.1 Å². The average molecular weight is 257 g/mol. The molecule has 2 atom stereocenters. The third kappa shape index (κ3) is 1.62. The van der Waals surface area contributed by atoms with Crippen molar-refractivity contribution < 1.29 is 0 Å².